The van der Waals surface area contributed by atoms with Crippen LogP contribution in [-0.4, -0.2) is 34.5 Å². The molecule has 0 spiro atoms. The molecule has 2 atom stereocenters. The van der Waals surface area contributed by atoms with Crippen molar-refractivity contribution in [3.8, 4) is 0 Å². The van der Waals surface area contributed by atoms with Crippen LogP contribution in [0.4, 0.5) is 0 Å². The summed E-state index contributed by atoms with van der Waals surface area (Å²) < 4.78 is 0. The third-order valence-corrected chi connectivity index (χ3v) is 3.91. The summed E-state index contributed by atoms with van der Waals surface area (Å²) in [4.78, 5) is 22.9. The maximum Gasteiger partial charge on any atom is 0.300 e. The monoisotopic (exact) mass is 269 g/mol. The van der Waals surface area contributed by atoms with Gasteiger partial charge in [0.05, 0.1) is 0 Å². The van der Waals surface area contributed by atoms with E-state index in [-0.39, 0.29) is 0 Å². The van der Waals surface area contributed by atoms with E-state index in [2.05, 4.69) is 25.7 Å². The summed E-state index contributed by atoms with van der Waals surface area (Å²) in [6.07, 6.45) is 5.58. The molecule has 0 aromatic heterocycles. The van der Waals surface area contributed by atoms with E-state index in [9.17, 15) is 4.79 Å². The Morgan fingerprint density at radius 1 is 1.37 bits per heavy atom. The molecule has 0 aromatic carbocycles. The Kier molecular flexibility index (Phi) is 5.39. The first kappa shape index (κ1) is 16.0. The maximum absolute atomic E-state index is 11.7. The van der Waals surface area contributed by atoms with Crippen LogP contribution >= 0.6 is 0 Å². The minimum atomic E-state index is -0.833. The number of carboxylic acid groups (broad SMARTS) is 1. The Morgan fingerprint density at radius 2 is 1.95 bits per heavy atom. The molecule has 2 fully saturated rings. The Labute approximate surface area is 116 Å². The zero-order valence-corrected chi connectivity index (χ0v) is 12.6. The van der Waals surface area contributed by atoms with Crippen molar-refractivity contribution in [2.45, 2.75) is 65.8 Å². The molecule has 0 radical (unpaired) electrons. The van der Waals surface area contributed by atoms with E-state index >= 15 is 0 Å². The molecular weight excluding hydrogens is 242 g/mol. The van der Waals surface area contributed by atoms with Gasteiger partial charge in [-0.05, 0) is 37.0 Å². The summed E-state index contributed by atoms with van der Waals surface area (Å²) in [6.45, 7) is 9.10. The summed E-state index contributed by atoms with van der Waals surface area (Å²) in [6, 6.07) is 0.527. The van der Waals surface area contributed by atoms with E-state index in [4.69, 9.17) is 9.90 Å². The average molecular weight is 269 g/mol. The molecule has 1 N–H and O–H groups in total. The smallest absolute Gasteiger partial charge is 0.300 e. The number of hydrogen-bond donors (Lipinski definition) is 1. The Hall–Kier alpha value is -1.06. The number of carbonyl (C=O) groups excluding carboxylic acids is 1. The molecule has 1 aliphatic carbocycles. The molecular formula is C15H27NO3. The highest BCUT2D eigenvalue weighted by atomic mass is 16.4. The fourth-order valence-corrected chi connectivity index (χ4v) is 3.59. The van der Waals surface area contributed by atoms with Crippen molar-refractivity contribution in [1.29, 1.82) is 0 Å². The van der Waals surface area contributed by atoms with Crippen molar-refractivity contribution < 1.29 is 14.7 Å². The number of nitrogens with zero attached hydrogens (tertiary/aromatic N) is 1. The van der Waals surface area contributed by atoms with Crippen molar-refractivity contribution in [2.75, 3.05) is 6.54 Å². The van der Waals surface area contributed by atoms with Gasteiger partial charge < -0.3 is 10.0 Å². The molecule has 1 heterocycles. The highest BCUT2D eigenvalue weighted by Crippen LogP contribution is 2.41. The van der Waals surface area contributed by atoms with Crippen LogP contribution < -0.4 is 0 Å². The van der Waals surface area contributed by atoms with Crippen molar-refractivity contribution in [1.82, 2.24) is 4.90 Å². The van der Waals surface area contributed by atoms with Gasteiger partial charge in [-0.25, -0.2) is 0 Å². The zero-order chi connectivity index (χ0) is 14.6. The number of hydrogen-bond acceptors (Lipinski definition) is 2. The summed E-state index contributed by atoms with van der Waals surface area (Å²) in [5.41, 5.74) is 0.422. The summed E-state index contributed by atoms with van der Waals surface area (Å²) >= 11 is 0. The lowest BCUT2D eigenvalue weighted by Gasteiger charge is -2.42. The van der Waals surface area contributed by atoms with Crippen molar-refractivity contribution in [3.63, 3.8) is 0 Å². The topological polar surface area (TPSA) is 57.6 Å². The molecule has 0 bridgehead atoms. The van der Waals surface area contributed by atoms with Gasteiger partial charge >= 0.3 is 0 Å². The van der Waals surface area contributed by atoms with Crippen LogP contribution in [0.15, 0.2) is 0 Å². The van der Waals surface area contributed by atoms with Gasteiger partial charge in [-0.15, -0.1) is 0 Å². The zero-order valence-electron chi connectivity index (χ0n) is 12.6. The number of rotatable bonds is 1. The molecule has 1 amide bonds. The van der Waals surface area contributed by atoms with Crippen LogP contribution in [0.1, 0.15) is 59.8 Å². The van der Waals surface area contributed by atoms with Gasteiger partial charge in [0.15, 0.2) is 0 Å². The fraction of sp³-hybridized carbons (Fsp3) is 0.867. The SMILES string of the molecule is CC(=O)O.CC1CC(N2CCCC2=O)CC(C)(C)C1. The van der Waals surface area contributed by atoms with Crippen LogP contribution in [0.25, 0.3) is 0 Å². The number of aliphatic carboxylic acids is 1. The second-order valence-corrected chi connectivity index (χ2v) is 6.78. The van der Waals surface area contributed by atoms with Crippen LogP contribution in [0.5, 0.6) is 0 Å². The first-order valence-electron chi connectivity index (χ1n) is 7.20. The molecule has 1 saturated heterocycles. The van der Waals surface area contributed by atoms with E-state index in [0.29, 0.717) is 17.4 Å². The largest absolute Gasteiger partial charge is 0.481 e. The first-order valence-corrected chi connectivity index (χ1v) is 7.20. The van der Waals surface area contributed by atoms with Gasteiger partial charge in [0.25, 0.3) is 5.97 Å². The normalized spacial score (nSPS) is 29.7. The average Bonchev–Trinajstić information content (AvgIpc) is 2.60. The Morgan fingerprint density at radius 3 is 2.37 bits per heavy atom. The standard InChI is InChI=1S/C13H23NO.C2H4O2/c1-10-7-11(9-13(2,3)8-10)14-6-4-5-12(14)15;1-2(3)4/h10-11H,4-9H2,1-3H3;1H3,(H,3,4). The summed E-state index contributed by atoms with van der Waals surface area (Å²) in [7, 11) is 0. The second-order valence-electron chi connectivity index (χ2n) is 6.78. The number of amides is 1. The molecule has 19 heavy (non-hydrogen) atoms. The van der Waals surface area contributed by atoms with E-state index in [1.54, 1.807) is 0 Å². The van der Waals surface area contributed by atoms with E-state index in [1.165, 1.54) is 19.3 Å². The number of likely N-dealkylation sites (tertiary alicyclic amines) is 1. The minimum Gasteiger partial charge on any atom is -0.481 e. The highest BCUT2D eigenvalue weighted by Gasteiger charge is 2.37. The van der Waals surface area contributed by atoms with E-state index < -0.39 is 5.97 Å². The minimum absolute atomic E-state index is 0.393. The van der Waals surface area contributed by atoms with Crippen molar-refractivity contribution in [3.05, 3.63) is 0 Å². The molecule has 4 nitrogen and oxygen atoms in total. The summed E-state index contributed by atoms with van der Waals surface area (Å²) in [5.74, 6) is 0.331. The van der Waals surface area contributed by atoms with E-state index in [1.807, 2.05) is 0 Å². The molecule has 110 valence electrons. The molecule has 1 saturated carbocycles. The van der Waals surface area contributed by atoms with Gasteiger partial charge in [0.2, 0.25) is 5.91 Å². The quantitative estimate of drug-likeness (QED) is 0.796. The molecule has 2 rings (SSSR count). The van der Waals surface area contributed by atoms with Crippen LogP contribution in [0, 0.1) is 11.3 Å². The molecule has 0 aromatic rings. The van der Waals surface area contributed by atoms with Gasteiger partial charge in [-0.1, -0.05) is 20.8 Å². The van der Waals surface area contributed by atoms with Gasteiger partial charge in [0.1, 0.15) is 0 Å². The number of carbonyl (C=O) groups is 2. The Bertz CT molecular complexity index is 334. The molecule has 4 heteroatoms. The second kappa shape index (κ2) is 6.40. The van der Waals surface area contributed by atoms with Gasteiger partial charge in [0, 0.05) is 25.9 Å². The highest BCUT2D eigenvalue weighted by molar-refractivity contribution is 5.78. The lowest BCUT2D eigenvalue weighted by atomic mass is 9.70. The number of carboxylic acids is 1. The van der Waals surface area contributed by atoms with Crippen molar-refractivity contribution >= 4 is 11.9 Å². The first-order chi connectivity index (χ1) is 8.71. The summed E-state index contributed by atoms with van der Waals surface area (Å²) in [5, 5.41) is 7.42. The maximum atomic E-state index is 11.7. The predicted octanol–water partition coefficient (Wildman–Crippen LogP) is 2.91. The third kappa shape index (κ3) is 5.21. The van der Waals surface area contributed by atoms with Crippen molar-refractivity contribution in [2.24, 2.45) is 11.3 Å². The lowest BCUT2D eigenvalue weighted by molar-refractivity contribution is -0.134. The van der Waals surface area contributed by atoms with Crippen LogP contribution in [0.3, 0.4) is 0 Å². The lowest BCUT2D eigenvalue weighted by Crippen LogP contribution is -2.43. The predicted molar refractivity (Wildman–Crippen MR) is 74.8 cm³/mol. The van der Waals surface area contributed by atoms with Crippen LogP contribution in [0.2, 0.25) is 0 Å². The third-order valence-electron chi connectivity index (χ3n) is 3.91. The van der Waals surface area contributed by atoms with Crippen LogP contribution in [-0.2, 0) is 9.59 Å². The van der Waals surface area contributed by atoms with E-state index in [0.717, 1.165) is 32.2 Å². The molecule has 2 aliphatic rings. The molecule has 2 unspecified atom stereocenters. The Balaban J connectivity index is 0.000000399. The fourth-order valence-electron chi connectivity index (χ4n) is 3.59. The molecule has 1 aliphatic heterocycles. The van der Waals surface area contributed by atoms with Gasteiger partial charge in [-0.3, -0.25) is 9.59 Å². The van der Waals surface area contributed by atoms with Gasteiger partial charge in [-0.2, -0.15) is 0 Å².